The van der Waals surface area contributed by atoms with Gasteiger partial charge >= 0.3 is 0 Å². The molecule has 0 spiro atoms. The van der Waals surface area contributed by atoms with Crippen molar-refractivity contribution in [2.45, 2.75) is 46.1 Å². The van der Waals surface area contributed by atoms with Crippen LogP contribution < -0.4 is 5.32 Å². The van der Waals surface area contributed by atoms with Crippen LogP contribution in [0.15, 0.2) is 12.7 Å². The van der Waals surface area contributed by atoms with E-state index in [1.165, 1.54) is 0 Å². The Morgan fingerprint density at radius 3 is 2.36 bits per heavy atom. The van der Waals surface area contributed by atoms with E-state index in [1.807, 2.05) is 6.08 Å². The minimum absolute atomic E-state index is 0.0649. The van der Waals surface area contributed by atoms with Crippen molar-refractivity contribution in [2.75, 3.05) is 13.2 Å². The first-order valence-electron chi connectivity index (χ1n) is 5.59. The van der Waals surface area contributed by atoms with Gasteiger partial charge in [0.1, 0.15) is 0 Å². The summed E-state index contributed by atoms with van der Waals surface area (Å²) >= 11 is 0. The molecule has 0 amide bonds. The Hall–Kier alpha value is -0.340. The summed E-state index contributed by atoms with van der Waals surface area (Å²) in [7, 11) is 0. The van der Waals surface area contributed by atoms with Gasteiger partial charge in [0.15, 0.2) is 0 Å². The van der Waals surface area contributed by atoms with Gasteiger partial charge in [-0.15, -0.1) is 6.58 Å². The summed E-state index contributed by atoms with van der Waals surface area (Å²) in [6.45, 7) is 11.3. The molecule has 0 aliphatic rings. The van der Waals surface area contributed by atoms with E-state index in [2.05, 4.69) is 32.7 Å². The second-order valence-corrected chi connectivity index (χ2v) is 4.17. The highest BCUT2D eigenvalue weighted by Crippen LogP contribution is 2.24. The van der Waals surface area contributed by atoms with Crippen molar-refractivity contribution in [3.63, 3.8) is 0 Å². The molecule has 14 heavy (non-hydrogen) atoms. The van der Waals surface area contributed by atoms with Gasteiger partial charge in [-0.3, -0.25) is 0 Å². The summed E-state index contributed by atoms with van der Waals surface area (Å²) in [4.78, 5) is 0. The number of rotatable bonds is 8. The number of aliphatic hydroxyl groups is 1. The predicted octanol–water partition coefficient (Wildman–Crippen LogP) is 2.34. The summed E-state index contributed by atoms with van der Waals surface area (Å²) in [5.41, 5.74) is 0.0649. The van der Waals surface area contributed by atoms with Gasteiger partial charge in [-0.1, -0.05) is 19.9 Å². The summed E-state index contributed by atoms with van der Waals surface area (Å²) in [5, 5.41) is 12.8. The van der Waals surface area contributed by atoms with Crippen LogP contribution in [0.1, 0.15) is 40.0 Å². The Kier molecular flexibility index (Phi) is 6.85. The molecule has 0 fully saturated rings. The zero-order chi connectivity index (χ0) is 11.0. The number of hydrogen-bond donors (Lipinski definition) is 2. The molecule has 84 valence electrons. The Morgan fingerprint density at radius 1 is 1.43 bits per heavy atom. The zero-order valence-corrected chi connectivity index (χ0v) is 9.84. The van der Waals surface area contributed by atoms with E-state index in [0.717, 1.165) is 25.8 Å². The van der Waals surface area contributed by atoms with Gasteiger partial charge in [0.2, 0.25) is 0 Å². The normalized spacial score (nSPS) is 14.0. The van der Waals surface area contributed by atoms with Crippen molar-refractivity contribution in [1.29, 1.82) is 0 Å². The van der Waals surface area contributed by atoms with Crippen LogP contribution in [-0.4, -0.2) is 24.3 Å². The molecule has 0 saturated heterocycles. The Balaban J connectivity index is 3.98. The molecule has 1 unspecified atom stereocenters. The van der Waals surface area contributed by atoms with Gasteiger partial charge in [0.25, 0.3) is 0 Å². The van der Waals surface area contributed by atoms with Crippen LogP contribution in [0.5, 0.6) is 0 Å². The Bertz CT molecular complexity index is 144. The lowest BCUT2D eigenvalue weighted by atomic mass is 9.83. The molecule has 0 aromatic heterocycles. The van der Waals surface area contributed by atoms with Gasteiger partial charge in [-0.2, -0.15) is 0 Å². The SMILES string of the molecule is C=CCC(C)NCC(CC)(CC)CO. The van der Waals surface area contributed by atoms with E-state index in [4.69, 9.17) is 0 Å². The van der Waals surface area contributed by atoms with Crippen molar-refractivity contribution in [2.24, 2.45) is 5.41 Å². The molecule has 2 heteroatoms. The van der Waals surface area contributed by atoms with Gasteiger partial charge in [-0.05, 0) is 26.2 Å². The van der Waals surface area contributed by atoms with Crippen LogP contribution in [0.4, 0.5) is 0 Å². The third-order valence-electron chi connectivity index (χ3n) is 3.18. The number of hydrogen-bond acceptors (Lipinski definition) is 2. The topological polar surface area (TPSA) is 32.3 Å². The summed E-state index contributed by atoms with van der Waals surface area (Å²) in [6, 6.07) is 0.455. The highest BCUT2D eigenvalue weighted by atomic mass is 16.3. The average Bonchev–Trinajstić information content (AvgIpc) is 2.21. The van der Waals surface area contributed by atoms with Crippen LogP contribution in [0, 0.1) is 5.41 Å². The van der Waals surface area contributed by atoms with Crippen LogP contribution in [0.25, 0.3) is 0 Å². The lowest BCUT2D eigenvalue weighted by Gasteiger charge is -2.31. The van der Waals surface area contributed by atoms with Gasteiger partial charge < -0.3 is 10.4 Å². The van der Waals surface area contributed by atoms with Crippen LogP contribution in [-0.2, 0) is 0 Å². The van der Waals surface area contributed by atoms with Crippen molar-refractivity contribution in [3.05, 3.63) is 12.7 Å². The number of nitrogens with one attached hydrogen (secondary N) is 1. The molecule has 0 heterocycles. The average molecular weight is 199 g/mol. The molecule has 0 rings (SSSR count). The highest BCUT2D eigenvalue weighted by molar-refractivity contribution is 4.81. The fourth-order valence-corrected chi connectivity index (χ4v) is 1.50. The van der Waals surface area contributed by atoms with E-state index in [-0.39, 0.29) is 12.0 Å². The van der Waals surface area contributed by atoms with Gasteiger partial charge in [0.05, 0.1) is 0 Å². The molecule has 0 aromatic carbocycles. The van der Waals surface area contributed by atoms with Crippen LogP contribution >= 0.6 is 0 Å². The van der Waals surface area contributed by atoms with Crippen molar-refractivity contribution in [3.8, 4) is 0 Å². The van der Waals surface area contributed by atoms with E-state index >= 15 is 0 Å². The lowest BCUT2D eigenvalue weighted by Crippen LogP contribution is -2.40. The van der Waals surface area contributed by atoms with Crippen molar-refractivity contribution >= 4 is 0 Å². The van der Waals surface area contributed by atoms with E-state index in [1.54, 1.807) is 0 Å². The molecular weight excluding hydrogens is 174 g/mol. The van der Waals surface area contributed by atoms with Crippen LogP contribution in [0.3, 0.4) is 0 Å². The molecule has 2 N–H and O–H groups in total. The quantitative estimate of drug-likeness (QED) is 0.588. The molecule has 1 atom stereocenters. The molecule has 2 nitrogen and oxygen atoms in total. The van der Waals surface area contributed by atoms with Crippen molar-refractivity contribution < 1.29 is 5.11 Å². The van der Waals surface area contributed by atoms with E-state index in [0.29, 0.717) is 6.04 Å². The monoisotopic (exact) mass is 199 g/mol. The van der Waals surface area contributed by atoms with Gasteiger partial charge in [-0.25, -0.2) is 0 Å². The second kappa shape index (κ2) is 7.02. The van der Waals surface area contributed by atoms with Gasteiger partial charge in [0, 0.05) is 24.6 Å². The number of aliphatic hydroxyl groups excluding tert-OH is 1. The largest absolute Gasteiger partial charge is 0.396 e. The van der Waals surface area contributed by atoms with Crippen LogP contribution in [0.2, 0.25) is 0 Å². The molecule has 0 radical (unpaired) electrons. The van der Waals surface area contributed by atoms with E-state index in [9.17, 15) is 5.11 Å². The maximum atomic E-state index is 9.36. The molecule has 0 saturated carbocycles. The first kappa shape index (κ1) is 13.7. The molecule has 0 aliphatic heterocycles. The first-order chi connectivity index (χ1) is 6.64. The molecule has 0 bridgehead atoms. The minimum atomic E-state index is 0.0649. The lowest BCUT2D eigenvalue weighted by molar-refractivity contribution is 0.110. The first-order valence-corrected chi connectivity index (χ1v) is 5.59. The molecular formula is C12H25NO. The summed E-state index contributed by atoms with van der Waals surface area (Å²) < 4.78 is 0. The Labute approximate surface area is 88.4 Å². The summed E-state index contributed by atoms with van der Waals surface area (Å²) in [5.74, 6) is 0. The zero-order valence-electron chi connectivity index (χ0n) is 9.84. The minimum Gasteiger partial charge on any atom is -0.396 e. The fourth-order valence-electron chi connectivity index (χ4n) is 1.50. The molecule has 0 aliphatic carbocycles. The smallest absolute Gasteiger partial charge is 0.0499 e. The second-order valence-electron chi connectivity index (χ2n) is 4.17. The summed E-state index contributed by atoms with van der Waals surface area (Å²) in [6.07, 6.45) is 4.95. The third kappa shape index (κ3) is 4.25. The fraction of sp³-hybridized carbons (Fsp3) is 0.833. The van der Waals surface area contributed by atoms with E-state index < -0.39 is 0 Å². The Morgan fingerprint density at radius 2 is 2.00 bits per heavy atom. The maximum absolute atomic E-state index is 9.36. The standard InChI is InChI=1S/C12H25NO/c1-5-8-11(4)13-9-12(6-2,7-3)10-14/h5,11,13-14H,1,6-10H2,2-4H3. The predicted molar refractivity (Wildman–Crippen MR) is 62.4 cm³/mol. The molecule has 0 aromatic rings. The van der Waals surface area contributed by atoms with Crippen molar-refractivity contribution in [1.82, 2.24) is 5.32 Å². The maximum Gasteiger partial charge on any atom is 0.0499 e. The third-order valence-corrected chi connectivity index (χ3v) is 3.18. The highest BCUT2D eigenvalue weighted by Gasteiger charge is 2.25.